The first-order chi connectivity index (χ1) is 17.8. The van der Waals surface area contributed by atoms with Crippen LogP contribution in [0.1, 0.15) is 59.3 Å². The molecule has 0 fully saturated rings. The summed E-state index contributed by atoms with van der Waals surface area (Å²) in [5.41, 5.74) is 13.1. The van der Waals surface area contributed by atoms with Crippen molar-refractivity contribution in [3.8, 4) is 16.9 Å². The van der Waals surface area contributed by atoms with Gasteiger partial charge in [0.2, 0.25) is 0 Å². The van der Waals surface area contributed by atoms with Crippen molar-refractivity contribution >= 4 is 24.7 Å². The van der Waals surface area contributed by atoms with Crippen LogP contribution in [0.5, 0.6) is 5.75 Å². The largest absolute Gasteiger partial charge is 0.491 e. The first-order valence-corrected chi connectivity index (χ1v) is 13.0. The van der Waals surface area contributed by atoms with E-state index in [2.05, 4.69) is 44.2 Å². The lowest BCUT2D eigenvalue weighted by Gasteiger charge is -2.21. The predicted octanol–water partition coefficient (Wildman–Crippen LogP) is 6.36. The molecule has 3 N–H and O–H groups in total. The van der Waals surface area contributed by atoms with E-state index in [-0.39, 0.29) is 12.0 Å². The van der Waals surface area contributed by atoms with E-state index >= 15 is 0 Å². The molecule has 0 spiro atoms. The number of fused-ring (bicyclic) bond motifs is 2. The second-order valence-corrected chi connectivity index (χ2v) is 10.5. The highest BCUT2D eigenvalue weighted by Crippen LogP contribution is 2.37. The molecule has 5 rings (SSSR count). The lowest BCUT2D eigenvalue weighted by atomic mass is 9.79. The van der Waals surface area contributed by atoms with Crippen LogP contribution in [0.2, 0.25) is 6.32 Å². The molecular weight excluding hydrogens is 459 g/mol. The summed E-state index contributed by atoms with van der Waals surface area (Å²) in [5, 5.41) is 10.6. The molecule has 1 aliphatic heterocycles. The molecule has 0 saturated heterocycles. The van der Waals surface area contributed by atoms with Crippen molar-refractivity contribution in [2.24, 2.45) is 11.7 Å². The second-order valence-electron chi connectivity index (χ2n) is 10.5. The van der Waals surface area contributed by atoms with E-state index in [4.69, 9.17) is 18.3 Å². The maximum Gasteiger partial charge on any atom is 0.337 e. The standard InChI is InChI=1S/C31H33BN2O3/c1-19(2)12-25(17-32)24-14-20(8-10-34-11-9-21-4-3-5-26(30(21)34)31(35)36)13-23(15-24)22-6-7-29-27(16-22)28(33)18-37-29/h3-7,9,11,13-16,19,25,28H,8,10,12,17-18,33H2,1-2H3,(H,35,36). The summed E-state index contributed by atoms with van der Waals surface area (Å²) in [4.78, 5) is 11.8. The zero-order valence-corrected chi connectivity index (χ0v) is 21.5. The van der Waals surface area contributed by atoms with E-state index in [1.54, 1.807) is 12.1 Å². The fraction of sp³-hybridized carbons (Fsp3) is 0.323. The number of para-hydroxylation sites is 1. The number of aryl methyl sites for hydroxylation is 2. The van der Waals surface area contributed by atoms with Gasteiger partial charge in [-0.15, -0.1) is 0 Å². The third-order valence-electron chi connectivity index (χ3n) is 7.35. The van der Waals surface area contributed by atoms with E-state index < -0.39 is 5.97 Å². The van der Waals surface area contributed by atoms with Gasteiger partial charge >= 0.3 is 5.97 Å². The number of aromatic nitrogens is 1. The van der Waals surface area contributed by atoms with E-state index in [0.717, 1.165) is 46.2 Å². The summed E-state index contributed by atoms with van der Waals surface area (Å²) in [7, 11) is 6.25. The Kier molecular flexibility index (Phi) is 7.12. The maximum atomic E-state index is 11.8. The van der Waals surface area contributed by atoms with Crippen LogP contribution in [0.15, 0.2) is 66.9 Å². The van der Waals surface area contributed by atoms with Gasteiger partial charge in [-0.3, -0.25) is 0 Å². The Morgan fingerprint density at radius 2 is 1.97 bits per heavy atom. The molecule has 0 aliphatic carbocycles. The summed E-state index contributed by atoms with van der Waals surface area (Å²) in [6.07, 6.45) is 4.36. The van der Waals surface area contributed by atoms with Crippen LogP contribution in [0.4, 0.5) is 0 Å². The molecule has 2 atom stereocenters. The third kappa shape index (κ3) is 5.16. The molecule has 5 nitrogen and oxygen atoms in total. The van der Waals surface area contributed by atoms with Gasteiger partial charge < -0.3 is 20.1 Å². The lowest BCUT2D eigenvalue weighted by Crippen LogP contribution is -2.10. The molecule has 2 radical (unpaired) electrons. The number of hydrogen-bond acceptors (Lipinski definition) is 3. The van der Waals surface area contributed by atoms with Crippen LogP contribution in [0, 0.1) is 5.92 Å². The van der Waals surface area contributed by atoms with E-state index in [1.807, 2.05) is 29.0 Å². The summed E-state index contributed by atoms with van der Waals surface area (Å²) in [5.74, 6) is 0.760. The van der Waals surface area contributed by atoms with Crippen LogP contribution >= 0.6 is 0 Å². The Morgan fingerprint density at radius 3 is 2.73 bits per heavy atom. The third-order valence-corrected chi connectivity index (χ3v) is 7.35. The maximum absolute atomic E-state index is 11.8. The molecule has 6 heteroatoms. The minimum absolute atomic E-state index is 0.110. The fourth-order valence-electron chi connectivity index (χ4n) is 5.49. The van der Waals surface area contributed by atoms with Gasteiger partial charge in [-0.25, -0.2) is 4.79 Å². The first kappa shape index (κ1) is 25.2. The van der Waals surface area contributed by atoms with Crippen molar-refractivity contribution in [2.45, 2.75) is 51.5 Å². The van der Waals surface area contributed by atoms with Crippen LogP contribution in [-0.2, 0) is 13.0 Å². The number of benzene rings is 3. The fourth-order valence-corrected chi connectivity index (χ4v) is 5.49. The average Bonchev–Trinajstić information content (AvgIpc) is 3.48. The normalized spacial score (nSPS) is 15.6. The molecule has 2 unspecified atom stereocenters. The predicted molar refractivity (Wildman–Crippen MR) is 150 cm³/mol. The summed E-state index contributed by atoms with van der Waals surface area (Å²) in [6.45, 7) is 5.65. The number of carbonyl (C=O) groups is 1. The minimum Gasteiger partial charge on any atom is -0.491 e. The highest BCUT2D eigenvalue weighted by Gasteiger charge is 2.22. The molecule has 2 heterocycles. The highest BCUT2D eigenvalue weighted by molar-refractivity contribution is 6.09. The molecule has 188 valence electrons. The van der Waals surface area contributed by atoms with Crippen molar-refractivity contribution in [1.29, 1.82) is 0 Å². The van der Waals surface area contributed by atoms with Crippen LogP contribution < -0.4 is 10.5 Å². The Hall–Kier alpha value is -3.51. The lowest BCUT2D eigenvalue weighted by molar-refractivity contribution is 0.0698. The van der Waals surface area contributed by atoms with E-state index in [1.165, 1.54) is 11.1 Å². The van der Waals surface area contributed by atoms with Gasteiger partial charge in [-0.05, 0) is 71.2 Å². The number of carboxylic acids is 1. The zero-order valence-electron chi connectivity index (χ0n) is 21.5. The Labute approximate surface area is 219 Å². The Bertz CT molecular complexity index is 1440. The number of hydrogen-bond donors (Lipinski definition) is 2. The number of ether oxygens (including phenoxy) is 1. The van der Waals surface area contributed by atoms with Crippen molar-refractivity contribution in [3.05, 3.63) is 89.1 Å². The molecule has 1 aliphatic rings. The molecule has 4 aromatic rings. The molecule has 0 amide bonds. The van der Waals surface area contributed by atoms with Gasteiger partial charge in [0.25, 0.3) is 0 Å². The SMILES string of the molecule is [B]CC(CC(C)C)c1cc(CCn2ccc3cccc(C(=O)O)c32)cc(-c2ccc3c(c2)C(N)CO3)c1. The minimum atomic E-state index is -0.909. The van der Waals surface area contributed by atoms with Gasteiger partial charge in [0.05, 0.1) is 25.0 Å². The molecule has 0 saturated carbocycles. The average molecular weight is 492 g/mol. The summed E-state index contributed by atoms with van der Waals surface area (Å²) < 4.78 is 7.75. The van der Waals surface area contributed by atoms with Crippen molar-refractivity contribution in [1.82, 2.24) is 4.57 Å². The van der Waals surface area contributed by atoms with Gasteiger partial charge in [0.1, 0.15) is 12.4 Å². The Balaban J connectivity index is 1.52. The first-order valence-electron chi connectivity index (χ1n) is 13.0. The smallest absolute Gasteiger partial charge is 0.337 e. The number of aromatic carboxylic acids is 1. The van der Waals surface area contributed by atoms with Crippen LogP contribution in [0.3, 0.4) is 0 Å². The molecular formula is C31H33BN2O3. The Morgan fingerprint density at radius 1 is 1.14 bits per heavy atom. The highest BCUT2D eigenvalue weighted by atomic mass is 16.5. The van der Waals surface area contributed by atoms with Crippen molar-refractivity contribution in [3.63, 3.8) is 0 Å². The van der Waals surface area contributed by atoms with Crippen molar-refractivity contribution < 1.29 is 14.6 Å². The van der Waals surface area contributed by atoms with Gasteiger partial charge in [-0.1, -0.05) is 56.6 Å². The topological polar surface area (TPSA) is 77.5 Å². The molecule has 3 aromatic carbocycles. The quantitative estimate of drug-likeness (QED) is 0.267. The molecule has 37 heavy (non-hydrogen) atoms. The summed E-state index contributed by atoms with van der Waals surface area (Å²) in [6, 6.07) is 20.3. The van der Waals surface area contributed by atoms with Gasteiger partial charge in [-0.2, -0.15) is 0 Å². The van der Waals surface area contributed by atoms with Gasteiger partial charge in [0, 0.05) is 23.7 Å². The second kappa shape index (κ2) is 10.5. The number of nitrogens with two attached hydrogens (primary N) is 1. The van der Waals surface area contributed by atoms with Crippen LogP contribution in [-0.4, -0.2) is 30.1 Å². The number of rotatable bonds is 9. The van der Waals surface area contributed by atoms with E-state index in [0.29, 0.717) is 31.0 Å². The monoisotopic (exact) mass is 492 g/mol. The number of nitrogens with zero attached hydrogens (tertiary/aromatic N) is 1. The molecule has 1 aromatic heterocycles. The zero-order chi connectivity index (χ0) is 26.1. The summed E-state index contributed by atoms with van der Waals surface area (Å²) >= 11 is 0. The van der Waals surface area contributed by atoms with Gasteiger partial charge in [0.15, 0.2) is 0 Å². The molecule has 0 bridgehead atoms. The van der Waals surface area contributed by atoms with Crippen molar-refractivity contribution in [2.75, 3.05) is 6.61 Å². The number of carboxylic acid groups (broad SMARTS) is 1. The van der Waals surface area contributed by atoms with E-state index in [9.17, 15) is 9.90 Å². The van der Waals surface area contributed by atoms with Crippen LogP contribution in [0.25, 0.3) is 22.0 Å².